The number of amides is 2. The van der Waals surface area contributed by atoms with Crippen LogP contribution in [0, 0.1) is 0 Å². The summed E-state index contributed by atoms with van der Waals surface area (Å²) < 4.78 is 5.13. The highest BCUT2D eigenvalue weighted by atomic mass is 16.5. The fraction of sp³-hybridized carbons (Fsp3) is 0.200. The highest BCUT2D eigenvalue weighted by Crippen LogP contribution is 2.14. The van der Waals surface area contributed by atoms with Gasteiger partial charge in [0.1, 0.15) is 5.75 Å². The zero-order valence-electron chi connectivity index (χ0n) is 17.8. The van der Waals surface area contributed by atoms with Crippen LogP contribution in [-0.2, 0) is 17.9 Å². The third kappa shape index (κ3) is 6.60. The lowest BCUT2D eigenvalue weighted by Gasteiger charge is -2.18. The van der Waals surface area contributed by atoms with Gasteiger partial charge in [0.2, 0.25) is 5.91 Å². The fourth-order valence-corrected chi connectivity index (χ4v) is 3.10. The summed E-state index contributed by atoms with van der Waals surface area (Å²) in [5.41, 5.74) is 3.35. The molecule has 0 saturated carbocycles. The number of rotatable bonds is 9. The third-order valence-corrected chi connectivity index (χ3v) is 4.82. The number of hydrogen-bond acceptors (Lipinski definition) is 4. The van der Waals surface area contributed by atoms with Crippen LogP contribution in [0.15, 0.2) is 78.9 Å². The summed E-state index contributed by atoms with van der Waals surface area (Å²) in [5.74, 6) is 0.575. The molecule has 3 aromatic rings. The molecule has 0 spiro atoms. The van der Waals surface area contributed by atoms with Crippen LogP contribution in [0.1, 0.15) is 21.5 Å². The molecule has 6 heteroatoms. The van der Waals surface area contributed by atoms with E-state index in [9.17, 15) is 9.59 Å². The van der Waals surface area contributed by atoms with Gasteiger partial charge in [-0.15, -0.1) is 0 Å². The lowest BCUT2D eigenvalue weighted by atomic mass is 10.1. The Morgan fingerprint density at radius 2 is 1.65 bits per heavy atom. The molecule has 3 rings (SSSR count). The molecule has 0 radical (unpaired) electrons. The molecule has 0 fully saturated rings. The van der Waals surface area contributed by atoms with E-state index in [2.05, 4.69) is 10.6 Å². The summed E-state index contributed by atoms with van der Waals surface area (Å²) in [6, 6.07) is 24.6. The third-order valence-electron chi connectivity index (χ3n) is 4.82. The second kappa shape index (κ2) is 10.8. The molecular weight excluding hydrogens is 390 g/mol. The summed E-state index contributed by atoms with van der Waals surface area (Å²) in [7, 11) is 3.40. The van der Waals surface area contributed by atoms with Gasteiger partial charge in [-0.3, -0.25) is 9.59 Å². The van der Waals surface area contributed by atoms with E-state index in [1.54, 1.807) is 37.3 Å². The number of methoxy groups -OCH3 is 1. The molecule has 0 aliphatic rings. The molecule has 0 bridgehead atoms. The van der Waals surface area contributed by atoms with E-state index in [-0.39, 0.29) is 18.4 Å². The number of carbonyl (C=O) groups is 2. The van der Waals surface area contributed by atoms with Gasteiger partial charge in [0.05, 0.1) is 13.7 Å². The van der Waals surface area contributed by atoms with Crippen LogP contribution in [0.2, 0.25) is 0 Å². The Labute approximate surface area is 182 Å². The van der Waals surface area contributed by atoms with Gasteiger partial charge in [-0.05, 0) is 41.5 Å². The monoisotopic (exact) mass is 417 g/mol. The topological polar surface area (TPSA) is 70.7 Å². The number of anilines is 1. The molecule has 0 atom stereocenters. The van der Waals surface area contributed by atoms with Gasteiger partial charge in [0.15, 0.2) is 0 Å². The van der Waals surface area contributed by atoms with Gasteiger partial charge in [0, 0.05) is 31.4 Å². The first-order chi connectivity index (χ1) is 15.0. The molecule has 2 N–H and O–H groups in total. The summed E-state index contributed by atoms with van der Waals surface area (Å²) in [6.07, 6.45) is 0. The normalized spacial score (nSPS) is 10.3. The number of nitrogens with one attached hydrogen (secondary N) is 2. The Bertz CT molecular complexity index is 1000. The smallest absolute Gasteiger partial charge is 0.253 e. The van der Waals surface area contributed by atoms with Crippen molar-refractivity contribution in [2.24, 2.45) is 0 Å². The number of carbonyl (C=O) groups excluding carboxylic acids is 2. The molecule has 2 amide bonds. The highest BCUT2D eigenvalue weighted by molar-refractivity contribution is 5.95. The lowest BCUT2D eigenvalue weighted by molar-refractivity contribution is -0.119. The molecule has 3 aromatic carbocycles. The first-order valence-electron chi connectivity index (χ1n) is 10.1. The van der Waals surface area contributed by atoms with Crippen molar-refractivity contribution in [2.45, 2.75) is 13.1 Å². The Kier molecular flexibility index (Phi) is 7.65. The zero-order chi connectivity index (χ0) is 22.1. The molecule has 0 aliphatic heterocycles. The van der Waals surface area contributed by atoms with Crippen LogP contribution in [0.3, 0.4) is 0 Å². The predicted octanol–water partition coefficient (Wildman–Crippen LogP) is 3.70. The Morgan fingerprint density at radius 1 is 0.903 bits per heavy atom. The molecule has 31 heavy (non-hydrogen) atoms. The number of ether oxygens (including phenoxy) is 1. The molecule has 0 heterocycles. The van der Waals surface area contributed by atoms with E-state index >= 15 is 0 Å². The van der Waals surface area contributed by atoms with Gasteiger partial charge < -0.3 is 20.3 Å². The lowest BCUT2D eigenvalue weighted by Crippen LogP contribution is -2.29. The highest BCUT2D eigenvalue weighted by Gasteiger charge is 2.12. The van der Waals surface area contributed by atoms with Crippen molar-refractivity contribution >= 4 is 17.5 Å². The van der Waals surface area contributed by atoms with Crippen molar-refractivity contribution < 1.29 is 14.3 Å². The molecule has 0 saturated heterocycles. The second-order valence-electron chi connectivity index (χ2n) is 7.21. The maximum atomic E-state index is 12.8. The van der Waals surface area contributed by atoms with Crippen LogP contribution in [0.25, 0.3) is 0 Å². The maximum Gasteiger partial charge on any atom is 0.253 e. The molecule has 160 valence electrons. The molecular formula is C25H27N3O3. The summed E-state index contributed by atoms with van der Waals surface area (Å²) >= 11 is 0. The minimum Gasteiger partial charge on any atom is -0.497 e. The van der Waals surface area contributed by atoms with Gasteiger partial charge in [-0.25, -0.2) is 0 Å². The van der Waals surface area contributed by atoms with Gasteiger partial charge in [0.25, 0.3) is 5.91 Å². The van der Waals surface area contributed by atoms with E-state index in [1.165, 1.54) is 0 Å². The Hall–Kier alpha value is -3.80. The average molecular weight is 418 g/mol. The van der Waals surface area contributed by atoms with E-state index in [4.69, 9.17) is 4.74 Å². The summed E-state index contributed by atoms with van der Waals surface area (Å²) in [6.45, 7) is 1.09. The zero-order valence-corrected chi connectivity index (χ0v) is 17.8. The molecule has 6 nitrogen and oxygen atoms in total. The first kappa shape index (κ1) is 21.9. The number of benzene rings is 3. The van der Waals surface area contributed by atoms with Crippen molar-refractivity contribution in [3.8, 4) is 5.75 Å². The van der Waals surface area contributed by atoms with Crippen molar-refractivity contribution in [2.75, 3.05) is 26.0 Å². The van der Waals surface area contributed by atoms with Crippen molar-refractivity contribution in [1.82, 2.24) is 10.2 Å². The molecule has 0 aromatic heterocycles. The van der Waals surface area contributed by atoms with Crippen LogP contribution < -0.4 is 15.4 Å². The van der Waals surface area contributed by atoms with Gasteiger partial charge >= 0.3 is 0 Å². The van der Waals surface area contributed by atoms with Crippen molar-refractivity contribution in [3.05, 3.63) is 95.6 Å². The first-order valence-corrected chi connectivity index (χ1v) is 10.1. The quantitative estimate of drug-likeness (QED) is 0.557. The largest absolute Gasteiger partial charge is 0.497 e. The van der Waals surface area contributed by atoms with E-state index in [0.717, 1.165) is 22.6 Å². The van der Waals surface area contributed by atoms with Crippen molar-refractivity contribution in [1.29, 1.82) is 0 Å². The molecule has 0 unspecified atom stereocenters. The Balaban J connectivity index is 1.50. The van der Waals surface area contributed by atoms with E-state index in [1.807, 2.05) is 60.7 Å². The Morgan fingerprint density at radius 3 is 2.35 bits per heavy atom. The minimum atomic E-state index is -0.131. The minimum absolute atomic E-state index is 0.0727. The summed E-state index contributed by atoms with van der Waals surface area (Å²) in [4.78, 5) is 26.6. The van der Waals surface area contributed by atoms with E-state index < -0.39 is 0 Å². The molecule has 0 aliphatic carbocycles. The van der Waals surface area contributed by atoms with Crippen LogP contribution >= 0.6 is 0 Å². The van der Waals surface area contributed by atoms with Crippen molar-refractivity contribution in [3.63, 3.8) is 0 Å². The predicted molar refractivity (Wildman–Crippen MR) is 122 cm³/mol. The number of nitrogens with zero attached hydrogens (tertiary/aromatic N) is 1. The van der Waals surface area contributed by atoms with Crippen LogP contribution in [0.5, 0.6) is 5.75 Å². The fourth-order valence-electron chi connectivity index (χ4n) is 3.10. The second-order valence-corrected chi connectivity index (χ2v) is 7.21. The SMILES string of the molecule is COc1ccc(CNC(=O)CNc2cccc(C(=O)N(C)Cc3ccccc3)c2)cc1. The van der Waals surface area contributed by atoms with Gasteiger partial charge in [-0.2, -0.15) is 0 Å². The van der Waals surface area contributed by atoms with Crippen LogP contribution in [0.4, 0.5) is 5.69 Å². The average Bonchev–Trinajstić information content (AvgIpc) is 2.82. The van der Waals surface area contributed by atoms with E-state index in [0.29, 0.717) is 18.7 Å². The standard InChI is InChI=1S/C25H27N3O3/c1-28(18-20-7-4-3-5-8-20)25(30)21-9-6-10-22(15-21)26-17-24(29)27-16-19-11-13-23(31-2)14-12-19/h3-15,26H,16-18H2,1-2H3,(H,27,29). The van der Waals surface area contributed by atoms with Gasteiger partial charge in [-0.1, -0.05) is 48.5 Å². The number of hydrogen-bond donors (Lipinski definition) is 2. The van der Waals surface area contributed by atoms with Crippen LogP contribution in [-0.4, -0.2) is 37.4 Å². The maximum absolute atomic E-state index is 12.8. The summed E-state index contributed by atoms with van der Waals surface area (Å²) in [5, 5.41) is 5.95.